The Morgan fingerprint density at radius 3 is 2.24 bits per heavy atom. The summed E-state index contributed by atoms with van der Waals surface area (Å²) in [5, 5.41) is 7.37. The van der Waals surface area contributed by atoms with Gasteiger partial charge in [0, 0.05) is 24.8 Å². The van der Waals surface area contributed by atoms with E-state index in [2.05, 4.69) is 52.8 Å². The van der Waals surface area contributed by atoms with E-state index in [1.165, 1.54) is 5.56 Å². The molecule has 132 valence electrons. The van der Waals surface area contributed by atoms with E-state index < -0.39 is 0 Å². The zero-order chi connectivity index (χ0) is 17.5. The zero-order valence-corrected chi connectivity index (χ0v) is 15.3. The number of anilines is 1. The first-order valence-electron chi connectivity index (χ1n) is 8.73. The standard InChI is InChI=1S/C20H25N3OS/c1-16(21-20(25)22-18-10-6-3-7-11-18)19(17-8-4-2-5-9-17)23-12-14-24-15-13-23/h2-11,16,19H,12-15H2,1H3,(H2,21,22,25)/t16-,19-/m1/s1. The number of para-hydroxylation sites is 1. The molecule has 2 atom stereocenters. The predicted molar refractivity (Wildman–Crippen MR) is 107 cm³/mol. The second-order valence-corrected chi connectivity index (χ2v) is 6.67. The maximum Gasteiger partial charge on any atom is 0.171 e. The van der Waals surface area contributed by atoms with E-state index in [4.69, 9.17) is 17.0 Å². The van der Waals surface area contributed by atoms with Crippen LogP contribution in [0.4, 0.5) is 5.69 Å². The highest BCUT2D eigenvalue weighted by molar-refractivity contribution is 7.80. The quantitative estimate of drug-likeness (QED) is 0.804. The molecule has 1 aliphatic heterocycles. The maximum absolute atomic E-state index is 5.53. The van der Waals surface area contributed by atoms with E-state index in [-0.39, 0.29) is 12.1 Å². The van der Waals surface area contributed by atoms with Crippen LogP contribution in [0, 0.1) is 0 Å². The van der Waals surface area contributed by atoms with Gasteiger partial charge in [0.2, 0.25) is 0 Å². The van der Waals surface area contributed by atoms with Crippen LogP contribution in [0.5, 0.6) is 0 Å². The van der Waals surface area contributed by atoms with Crippen LogP contribution >= 0.6 is 12.2 Å². The van der Waals surface area contributed by atoms with Gasteiger partial charge in [0.15, 0.2) is 5.11 Å². The molecule has 0 spiro atoms. The van der Waals surface area contributed by atoms with Crippen LogP contribution in [0.1, 0.15) is 18.5 Å². The molecule has 2 aromatic rings. The second kappa shape index (κ2) is 8.94. The molecule has 1 saturated heterocycles. The number of rotatable bonds is 5. The van der Waals surface area contributed by atoms with Gasteiger partial charge in [0.1, 0.15) is 0 Å². The Morgan fingerprint density at radius 2 is 1.60 bits per heavy atom. The SMILES string of the molecule is C[C@@H](NC(=S)Nc1ccccc1)[C@H](c1ccccc1)N1CCOCC1. The number of nitrogens with one attached hydrogen (secondary N) is 2. The third kappa shape index (κ3) is 5.01. The Morgan fingerprint density at radius 1 is 1.00 bits per heavy atom. The molecule has 5 heteroatoms. The van der Waals surface area contributed by atoms with E-state index >= 15 is 0 Å². The lowest BCUT2D eigenvalue weighted by Crippen LogP contribution is -2.49. The van der Waals surface area contributed by atoms with Crippen molar-refractivity contribution in [3.63, 3.8) is 0 Å². The average molecular weight is 356 g/mol. The number of ether oxygens (including phenoxy) is 1. The third-order valence-corrected chi connectivity index (χ3v) is 4.66. The van der Waals surface area contributed by atoms with Gasteiger partial charge in [-0.15, -0.1) is 0 Å². The number of morpholine rings is 1. The molecule has 2 aromatic carbocycles. The number of benzene rings is 2. The molecule has 0 radical (unpaired) electrons. The topological polar surface area (TPSA) is 36.5 Å². The van der Waals surface area contributed by atoms with Gasteiger partial charge in [-0.25, -0.2) is 0 Å². The highest BCUT2D eigenvalue weighted by Gasteiger charge is 2.28. The Kier molecular flexibility index (Phi) is 6.39. The summed E-state index contributed by atoms with van der Waals surface area (Å²) < 4.78 is 5.53. The summed E-state index contributed by atoms with van der Waals surface area (Å²) in [7, 11) is 0. The largest absolute Gasteiger partial charge is 0.379 e. The first-order valence-corrected chi connectivity index (χ1v) is 9.14. The maximum atomic E-state index is 5.53. The Hall–Kier alpha value is -1.95. The van der Waals surface area contributed by atoms with Crippen LogP contribution in [-0.2, 0) is 4.74 Å². The summed E-state index contributed by atoms with van der Waals surface area (Å²) >= 11 is 5.52. The molecule has 2 N–H and O–H groups in total. The molecule has 0 amide bonds. The Balaban J connectivity index is 1.70. The van der Waals surface area contributed by atoms with Gasteiger partial charge < -0.3 is 15.4 Å². The lowest BCUT2D eigenvalue weighted by Gasteiger charge is -2.38. The van der Waals surface area contributed by atoms with Gasteiger partial charge in [0.25, 0.3) is 0 Å². The molecular formula is C20H25N3OS. The predicted octanol–water partition coefficient (Wildman–Crippen LogP) is 3.44. The molecule has 3 rings (SSSR count). The minimum atomic E-state index is 0.171. The van der Waals surface area contributed by atoms with Gasteiger partial charge in [0.05, 0.1) is 19.3 Å². The molecule has 0 bridgehead atoms. The van der Waals surface area contributed by atoms with Crippen molar-refractivity contribution in [2.75, 3.05) is 31.6 Å². The lowest BCUT2D eigenvalue weighted by atomic mass is 9.98. The summed E-state index contributed by atoms with van der Waals surface area (Å²) in [6.45, 7) is 5.62. The van der Waals surface area contributed by atoms with Crippen molar-refractivity contribution < 1.29 is 4.74 Å². The fourth-order valence-electron chi connectivity index (χ4n) is 3.30. The first kappa shape index (κ1) is 17.9. The van der Waals surface area contributed by atoms with Crippen LogP contribution in [0.2, 0.25) is 0 Å². The van der Waals surface area contributed by atoms with Crippen molar-refractivity contribution in [2.45, 2.75) is 19.0 Å². The van der Waals surface area contributed by atoms with Crippen LogP contribution in [-0.4, -0.2) is 42.4 Å². The lowest BCUT2D eigenvalue weighted by molar-refractivity contribution is 0.0102. The van der Waals surface area contributed by atoms with Crippen molar-refractivity contribution in [2.24, 2.45) is 0 Å². The Labute approximate surface area is 155 Å². The molecule has 0 unspecified atom stereocenters. The van der Waals surface area contributed by atoms with Crippen molar-refractivity contribution >= 4 is 23.0 Å². The van der Waals surface area contributed by atoms with E-state index in [0.29, 0.717) is 5.11 Å². The fraction of sp³-hybridized carbons (Fsp3) is 0.350. The van der Waals surface area contributed by atoms with Crippen molar-refractivity contribution in [3.05, 3.63) is 66.2 Å². The molecule has 1 heterocycles. The minimum Gasteiger partial charge on any atom is -0.379 e. The van der Waals surface area contributed by atoms with E-state index in [1.807, 2.05) is 30.3 Å². The second-order valence-electron chi connectivity index (χ2n) is 6.26. The highest BCUT2D eigenvalue weighted by atomic mass is 32.1. The van der Waals surface area contributed by atoms with Crippen molar-refractivity contribution in [1.82, 2.24) is 10.2 Å². The molecule has 0 saturated carbocycles. The summed E-state index contributed by atoms with van der Waals surface area (Å²) in [5.74, 6) is 0. The first-order chi connectivity index (χ1) is 12.2. The van der Waals surface area contributed by atoms with Crippen LogP contribution in [0.15, 0.2) is 60.7 Å². The number of thiocarbonyl (C=S) groups is 1. The molecular weight excluding hydrogens is 330 g/mol. The van der Waals surface area contributed by atoms with Crippen molar-refractivity contribution in [1.29, 1.82) is 0 Å². The minimum absolute atomic E-state index is 0.171. The highest BCUT2D eigenvalue weighted by Crippen LogP contribution is 2.25. The van der Waals surface area contributed by atoms with Crippen LogP contribution in [0.25, 0.3) is 0 Å². The molecule has 0 aromatic heterocycles. The van der Waals surface area contributed by atoms with E-state index in [1.54, 1.807) is 0 Å². The number of hydrogen-bond donors (Lipinski definition) is 2. The van der Waals surface area contributed by atoms with Gasteiger partial charge >= 0.3 is 0 Å². The Bertz CT molecular complexity index is 659. The normalized spacial score (nSPS) is 17.5. The number of nitrogens with zero attached hydrogens (tertiary/aromatic N) is 1. The van der Waals surface area contributed by atoms with Gasteiger partial charge in [-0.3, -0.25) is 4.90 Å². The summed E-state index contributed by atoms with van der Waals surface area (Å²) in [4.78, 5) is 2.47. The van der Waals surface area contributed by atoms with Gasteiger partial charge in [-0.2, -0.15) is 0 Å². The summed E-state index contributed by atoms with van der Waals surface area (Å²) in [6, 6.07) is 21.0. The molecule has 0 aliphatic carbocycles. The van der Waals surface area contributed by atoms with E-state index in [9.17, 15) is 0 Å². The van der Waals surface area contributed by atoms with Crippen molar-refractivity contribution in [3.8, 4) is 0 Å². The zero-order valence-electron chi connectivity index (χ0n) is 14.5. The van der Waals surface area contributed by atoms with Crippen LogP contribution in [0.3, 0.4) is 0 Å². The molecule has 1 fully saturated rings. The monoisotopic (exact) mass is 355 g/mol. The van der Waals surface area contributed by atoms with Gasteiger partial charge in [-0.05, 0) is 36.8 Å². The van der Waals surface area contributed by atoms with E-state index in [0.717, 1.165) is 32.0 Å². The molecule has 1 aliphatic rings. The molecule has 25 heavy (non-hydrogen) atoms. The fourth-order valence-corrected chi connectivity index (χ4v) is 3.60. The van der Waals surface area contributed by atoms with Crippen LogP contribution < -0.4 is 10.6 Å². The summed E-state index contributed by atoms with van der Waals surface area (Å²) in [6.07, 6.45) is 0. The van der Waals surface area contributed by atoms with Gasteiger partial charge in [-0.1, -0.05) is 48.5 Å². The number of hydrogen-bond acceptors (Lipinski definition) is 3. The molecule has 4 nitrogen and oxygen atoms in total. The summed E-state index contributed by atoms with van der Waals surface area (Å²) in [5.41, 5.74) is 2.29. The average Bonchev–Trinajstić information content (AvgIpc) is 2.64. The smallest absolute Gasteiger partial charge is 0.171 e. The third-order valence-electron chi connectivity index (χ3n) is 4.44.